The van der Waals surface area contributed by atoms with Crippen molar-refractivity contribution >= 4 is 5.91 Å². The smallest absolute Gasteiger partial charge is 0.224 e. The van der Waals surface area contributed by atoms with Crippen LogP contribution in [0, 0.1) is 6.92 Å². The van der Waals surface area contributed by atoms with E-state index in [4.69, 9.17) is 5.73 Å². The van der Waals surface area contributed by atoms with E-state index >= 15 is 0 Å². The van der Waals surface area contributed by atoms with Gasteiger partial charge < -0.3 is 10.6 Å². The average molecular weight is 262 g/mol. The quantitative estimate of drug-likeness (QED) is 0.821. The van der Waals surface area contributed by atoms with Gasteiger partial charge in [-0.3, -0.25) is 4.79 Å². The maximum atomic E-state index is 12.2. The Kier molecular flexibility index (Phi) is 6.57. The zero-order valence-corrected chi connectivity index (χ0v) is 12.4. The van der Waals surface area contributed by atoms with Crippen molar-refractivity contribution in [1.29, 1.82) is 0 Å². The van der Waals surface area contributed by atoms with E-state index in [-0.39, 0.29) is 11.9 Å². The lowest BCUT2D eigenvalue weighted by molar-refractivity contribution is -0.132. The number of amides is 1. The van der Waals surface area contributed by atoms with Crippen LogP contribution in [0.1, 0.15) is 44.2 Å². The molecule has 0 radical (unpaired) electrons. The van der Waals surface area contributed by atoms with Crippen LogP contribution in [0.2, 0.25) is 0 Å². The molecule has 0 bridgehead atoms. The van der Waals surface area contributed by atoms with Crippen molar-refractivity contribution in [3.05, 3.63) is 35.4 Å². The first-order chi connectivity index (χ1) is 9.06. The van der Waals surface area contributed by atoms with E-state index in [1.54, 1.807) is 0 Å². The Morgan fingerprint density at radius 3 is 2.68 bits per heavy atom. The summed E-state index contributed by atoms with van der Waals surface area (Å²) in [5.41, 5.74) is 8.35. The van der Waals surface area contributed by atoms with Gasteiger partial charge in [-0.15, -0.1) is 0 Å². The van der Waals surface area contributed by atoms with Gasteiger partial charge in [-0.1, -0.05) is 43.2 Å². The van der Waals surface area contributed by atoms with Crippen molar-refractivity contribution in [2.24, 2.45) is 5.73 Å². The average Bonchev–Trinajstić information content (AvgIpc) is 2.36. The number of nitrogens with two attached hydrogens (primary N) is 1. The van der Waals surface area contributed by atoms with Gasteiger partial charge in [0.15, 0.2) is 0 Å². The summed E-state index contributed by atoms with van der Waals surface area (Å²) in [6, 6.07) is 8.28. The first kappa shape index (κ1) is 15.7. The summed E-state index contributed by atoms with van der Waals surface area (Å²) in [5.74, 6) is 0.157. The lowest BCUT2D eigenvalue weighted by atomic mass is 10.1. The fraction of sp³-hybridized carbons (Fsp3) is 0.562. The third-order valence-corrected chi connectivity index (χ3v) is 3.29. The molecule has 0 fully saturated rings. The zero-order chi connectivity index (χ0) is 14.3. The molecule has 0 spiro atoms. The van der Waals surface area contributed by atoms with E-state index in [9.17, 15) is 4.79 Å². The molecule has 0 aromatic heterocycles. The Balaban J connectivity index is 2.60. The third-order valence-electron chi connectivity index (χ3n) is 3.29. The Hall–Kier alpha value is -1.35. The number of rotatable bonds is 7. The normalized spacial score (nSPS) is 12.2. The number of nitrogens with zero attached hydrogens (tertiary/aromatic N) is 1. The van der Waals surface area contributed by atoms with Crippen molar-refractivity contribution in [2.45, 2.75) is 52.6 Å². The topological polar surface area (TPSA) is 46.3 Å². The zero-order valence-electron chi connectivity index (χ0n) is 12.4. The van der Waals surface area contributed by atoms with Gasteiger partial charge in [-0.2, -0.15) is 0 Å². The van der Waals surface area contributed by atoms with Crippen molar-refractivity contribution in [2.75, 3.05) is 6.54 Å². The minimum absolute atomic E-state index is 0.0101. The molecule has 0 heterocycles. The number of carbonyl (C=O) groups is 1. The molecule has 19 heavy (non-hydrogen) atoms. The molecule has 1 rings (SSSR count). The Bertz CT molecular complexity index is 403. The van der Waals surface area contributed by atoms with Gasteiger partial charge in [0.1, 0.15) is 0 Å². The summed E-state index contributed by atoms with van der Waals surface area (Å²) in [6.45, 7) is 7.58. The minimum Gasteiger partial charge on any atom is -0.339 e. The lowest BCUT2D eigenvalue weighted by Crippen LogP contribution is -2.35. The van der Waals surface area contributed by atoms with Crippen molar-refractivity contribution in [1.82, 2.24) is 4.90 Å². The molecule has 0 saturated heterocycles. The summed E-state index contributed by atoms with van der Waals surface area (Å²) in [5, 5.41) is 0. The number of benzene rings is 1. The molecule has 2 N–H and O–H groups in total. The maximum Gasteiger partial charge on any atom is 0.224 e. The van der Waals surface area contributed by atoms with Gasteiger partial charge in [-0.05, 0) is 25.8 Å². The highest BCUT2D eigenvalue weighted by Gasteiger charge is 2.15. The van der Waals surface area contributed by atoms with E-state index in [1.807, 2.05) is 17.9 Å². The monoisotopic (exact) mass is 262 g/mol. The second-order valence-corrected chi connectivity index (χ2v) is 5.15. The third kappa shape index (κ3) is 5.43. The molecular weight excluding hydrogens is 236 g/mol. The molecule has 1 amide bonds. The molecule has 0 aliphatic heterocycles. The van der Waals surface area contributed by atoms with Crippen molar-refractivity contribution in [3.8, 4) is 0 Å². The number of aryl methyl sites for hydroxylation is 1. The van der Waals surface area contributed by atoms with E-state index in [1.165, 1.54) is 11.1 Å². The minimum atomic E-state index is -0.0101. The van der Waals surface area contributed by atoms with Crippen molar-refractivity contribution < 1.29 is 4.79 Å². The van der Waals surface area contributed by atoms with Crippen LogP contribution in [-0.2, 0) is 11.3 Å². The molecular formula is C16H26N2O. The van der Waals surface area contributed by atoms with Gasteiger partial charge in [0.25, 0.3) is 0 Å². The van der Waals surface area contributed by atoms with E-state index in [0.29, 0.717) is 13.0 Å². The maximum absolute atomic E-state index is 12.2. The molecule has 3 nitrogen and oxygen atoms in total. The van der Waals surface area contributed by atoms with Crippen LogP contribution in [0.5, 0.6) is 0 Å². The standard InChI is InChI=1S/C16H26N2O/c1-4-7-15(17)11-16(19)18(5-2)12-14-9-6-8-13(3)10-14/h6,8-10,15H,4-5,7,11-12,17H2,1-3H3. The van der Waals surface area contributed by atoms with Crippen LogP contribution >= 0.6 is 0 Å². The van der Waals surface area contributed by atoms with Crippen LogP contribution in [0.3, 0.4) is 0 Å². The number of carbonyl (C=O) groups excluding carboxylic acids is 1. The highest BCUT2D eigenvalue weighted by Crippen LogP contribution is 2.10. The van der Waals surface area contributed by atoms with Crippen LogP contribution in [0.25, 0.3) is 0 Å². The van der Waals surface area contributed by atoms with Crippen LogP contribution in [-0.4, -0.2) is 23.4 Å². The summed E-state index contributed by atoms with van der Waals surface area (Å²) in [6.07, 6.45) is 2.39. The molecule has 1 aromatic carbocycles. The van der Waals surface area contributed by atoms with Crippen LogP contribution < -0.4 is 5.73 Å². The predicted octanol–water partition coefficient (Wildman–Crippen LogP) is 2.86. The number of hydrogen-bond donors (Lipinski definition) is 1. The fourth-order valence-electron chi connectivity index (χ4n) is 2.23. The number of hydrogen-bond acceptors (Lipinski definition) is 2. The highest BCUT2D eigenvalue weighted by molar-refractivity contribution is 5.76. The predicted molar refractivity (Wildman–Crippen MR) is 79.8 cm³/mol. The highest BCUT2D eigenvalue weighted by atomic mass is 16.2. The molecule has 0 aliphatic rings. The summed E-state index contributed by atoms with van der Waals surface area (Å²) < 4.78 is 0. The van der Waals surface area contributed by atoms with Crippen LogP contribution in [0.4, 0.5) is 0 Å². The van der Waals surface area contributed by atoms with E-state index in [2.05, 4.69) is 32.0 Å². The first-order valence-electron chi connectivity index (χ1n) is 7.15. The Morgan fingerprint density at radius 2 is 2.11 bits per heavy atom. The Morgan fingerprint density at radius 1 is 1.37 bits per heavy atom. The van der Waals surface area contributed by atoms with Gasteiger partial charge >= 0.3 is 0 Å². The summed E-state index contributed by atoms with van der Waals surface area (Å²) >= 11 is 0. The Labute approximate surface area is 116 Å². The summed E-state index contributed by atoms with van der Waals surface area (Å²) in [4.78, 5) is 14.1. The van der Waals surface area contributed by atoms with Crippen molar-refractivity contribution in [3.63, 3.8) is 0 Å². The van der Waals surface area contributed by atoms with Gasteiger partial charge in [-0.25, -0.2) is 0 Å². The largest absolute Gasteiger partial charge is 0.339 e. The first-order valence-corrected chi connectivity index (χ1v) is 7.15. The molecule has 1 atom stereocenters. The molecule has 1 unspecified atom stereocenters. The van der Waals surface area contributed by atoms with Gasteiger partial charge in [0.05, 0.1) is 0 Å². The van der Waals surface area contributed by atoms with E-state index in [0.717, 1.165) is 19.4 Å². The molecule has 0 saturated carbocycles. The molecule has 106 valence electrons. The molecule has 3 heteroatoms. The molecule has 0 aliphatic carbocycles. The second-order valence-electron chi connectivity index (χ2n) is 5.15. The molecule has 1 aromatic rings. The SMILES string of the molecule is CCCC(N)CC(=O)N(CC)Cc1cccc(C)c1. The van der Waals surface area contributed by atoms with Gasteiger partial charge in [0, 0.05) is 25.6 Å². The lowest BCUT2D eigenvalue weighted by Gasteiger charge is -2.23. The fourth-order valence-corrected chi connectivity index (χ4v) is 2.23. The van der Waals surface area contributed by atoms with Gasteiger partial charge in [0.2, 0.25) is 5.91 Å². The van der Waals surface area contributed by atoms with E-state index < -0.39 is 0 Å². The van der Waals surface area contributed by atoms with Crippen LogP contribution in [0.15, 0.2) is 24.3 Å². The summed E-state index contributed by atoms with van der Waals surface area (Å²) in [7, 11) is 0. The second kappa shape index (κ2) is 7.95.